The van der Waals surface area contributed by atoms with Crippen LogP contribution in [-0.2, 0) is 20.7 Å². The van der Waals surface area contributed by atoms with Gasteiger partial charge in [0.05, 0.1) is 7.11 Å². The Balaban J connectivity index is 1.67. The molecule has 2 saturated carbocycles. The van der Waals surface area contributed by atoms with E-state index in [-0.39, 0.29) is 11.4 Å². The molecule has 0 amide bonds. The van der Waals surface area contributed by atoms with Gasteiger partial charge in [-0.05, 0) is 79.5 Å². The molecular formula is C22H28O4. The number of carbonyl (C=O) groups is 2. The van der Waals surface area contributed by atoms with Gasteiger partial charge in [-0.15, -0.1) is 0 Å². The Hall–Kier alpha value is -1.84. The van der Waals surface area contributed by atoms with Gasteiger partial charge in [0.15, 0.2) is 11.9 Å². The molecule has 5 atom stereocenters. The summed E-state index contributed by atoms with van der Waals surface area (Å²) in [5, 5.41) is 0. The first-order chi connectivity index (χ1) is 12.4. The van der Waals surface area contributed by atoms with E-state index < -0.39 is 5.60 Å². The number of hydrogen-bond donors (Lipinski definition) is 0. The monoisotopic (exact) mass is 356 g/mol. The Labute approximate surface area is 155 Å². The summed E-state index contributed by atoms with van der Waals surface area (Å²) >= 11 is 0. The van der Waals surface area contributed by atoms with Gasteiger partial charge in [0.1, 0.15) is 5.75 Å². The van der Waals surface area contributed by atoms with E-state index in [1.165, 1.54) is 18.1 Å². The van der Waals surface area contributed by atoms with Crippen LogP contribution in [0.5, 0.6) is 5.75 Å². The molecule has 4 heteroatoms. The molecule has 0 unspecified atom stereocenters. The minimum absolute atomic E-state index is 0.244. The Kier molecular flexibility index (Phi) is 4.13. The zero-order valence-electron chi connectivity index (χ0n) is 15.9. The molecule has 0 radical (unpaired) electrons. The van der Waals surface area contributed by atoms with Gasteiger partial charge in [-0.3, -0.25) is 9.59 Å². The maximum Gasteiger partial charge on any atom is 0.303 e. The highest BCUT2D eigenvalue weighted by Gasteiger charge is 2.64. The van der Waals surface area contributed by atoms with Crippen LogP contribution in [0.25, 0.3) is 0 Å². The van der Waals surface area contributed by atoms with E-state index in [4.69, 9.17) is 9.47 Å². The van der Waals surface area contributed by atoms with E-state index in [1.807, 2.05) is 0 Å². The first-order valence-electron chi connectivity index (χ1n) is 9.77. The molecule has 0 saturated heterocycles. The molecule has 26 heavy (non-hydrogen) atoms. The minimum atomic E-state index is -0.936. The molecule has 2 fully saturated rings. The van der Waals surface area contributed by atoms with Crippen LogP contribution < -0.4 is 4.74 Å². The van der Waals surface area contributed by atoms with Crippen molar-refractivity contribution in [3.8, 4) is 5.75 Å². The van der Waals surface area contributed by atoms with E-state index in [1.54, 1.807) is 7.11 Å². The number of esters is 1. The molecule has 0 aliphatic heterocycles. The standard InChI is InChI=1S/C22H28O4/c1-14(24)26-22(13-23)11-9-20-19-6-4-15-12-16(25-3)5-7-17(15)18(19)8-10-21(20,22)2/h5,7,12-13,18-20H,4,6,8-11H2,1-3H3/t18-,19-,20+,21+,22-/m1/s1. The zero-order chi connectivity index (χ0) is 18.5. The molecular weight excluding hydrogens is 328 g/mol. The number of ether oxygens (including phenoxy) is 2. The fourth-order valence-electron chi connectivity index (χ4n) is 6.36. The zero-order valence-corrected chi connectivity index (χ0v) is 15.9. The maximum atomic E-state index is 12.1. The van der Waals surface area contributed by atoms with Crippen LogP contribution in [0.15, 0.2) is 18.2 Å². The van der Waals surface area contributed by atoms with Gasteiger partial charge in [-0.1, -0.05) is 13.0 Å². The molecule has 4 rings (SSSR count). The van der Waals surface area contributed by atoms with Gasteiger partial charge in [0.2, 0.25) is 0 Å². The number of rotatable bonds is 3. The number of aldehydes is 1. The van der Waals surface area contributed by atoms with Gasteiger partial charge < -0.3 is 9.47 Å². The van der Waals surface area contributed by atoms with Crippen LogP contribution >= 0.6 is 0 Å². The third-order valence-corrected chi connectivity index (χ3v) is 7.63. The maximum absolute atomic E-state index is 12.1. The van der Waals surface area contributed by atoms with Crippen molar-refractivity contribution in [2.75, 3.05) is 7.11 Å². The van der Waals surface area contributed by atoms with Crippen LogP contribution in [0.1, 0.15) is 63.0 Å². The lowest BCUT2D eigenvalue weighted by atomic mass is 9.53. The number of fused-ring (bicyclic) bond motifs is 5. The molecule has 3 aliphatic rings. The third kappa shape index (κ3) is 2.34. The highest BCUT2D eigenvalue weighted by molar-refractivity contribution is 5.74. The van der Waals surface area contributed by atoms with Crippen LogP contribution in [-0.4, -0.2) is 25.0 Å². The number of methoxy groups -OCH3 is 1. The second-order valence-corrected chi connectivity index (χ2v) is 8.58. The average molecular weight is 356 g/mol. The average Bonchev–Trinajstić information content (AvgIpc) is 2.93. The SMILES string of the molecule is COc1ccc2c(c1)CC[C@@H]1[C@@H]2CC[C@@]2(C)[C@H]1CC[C@]2(C=O)OC(C)=O. The van der Waals surface area contributed by atoms with Crippen molar-refractivity contribution in [1.29, 1.82) is 0 Å². The highest BCUT2D eigenvalue weighted by atomic mass is 16.6. The lowest BCUT2D eigenvalue weighted by Crippen LogP contribution is -2.53. The summed E-state index contributed by atoms with van der Waals surface area (Å²) in [5.74, 6) is 2.12. The summed E-state index contributed by atoms with van der Waals surface area (Å²) in [6.45, 7) is 3.60. The van der Waals surface area contributed by atoms with Gasteiger partial charge >= 0.3 is 5.97 Å². The number of aryl methyl sites for hydroxylation is 1. The molecule has 0 heterocycles. The Bertz CT molecular complexity index is 742. The lowest BCUT2D eigenvalue weighted by Gasteiger charge is -2.52. The van der Waals surface area contributed by atoms with Gasteiger partial charge in [-0.25, -0.2) is 0 Å². The van der Waals surface area contributed by atoms with E-state index >= 15 is 0 Å². The predicted molar refractivity (Wildman–Crippen MR) is 98.2 cm³/mol. The van der Waals surface area contributed by atoms with Crippen molar-refractivity contribution >= 4 is 12.3 Å². The minimum Gasteiger partial charge on any atom is -0.497 e. The van der Waals surface area contributed by atoms with Gasteiger partial charge in [0.25, 0.3) is 0 Å². The number of hydrogen-bond acceptors (Lipinski definition) is 4. The van der Waals surface area contributed by atoms with Gasteiger partial charge in [0, 0.05) is 12.3 Å². The molecule has 3 aliphatic carbocycles. The summed E-state index contributed by atoms with van der Waals surface area (Å²) in [6, 6.07) is 6.49. The van der Waals surface area contributed by atoms with Gasteiger partial charge in [-0.2, -0.15) is 0 Å². The van der Waals surface area contributed by atoms with Crippen LogP contribution in [0.4, 0.5) is 0 Å². The molecule has 0 bridgehead atoms. The van der Waals surface area contributed by atoms with Crippen molar-refractivity contribution in [1.82, 2.24) is 0 Å². The fraction of sp³-hybridized carbons (Fsp3) is 0.636. The Morgan fingerprint density at radius 2 is 2.04 bits per heavy atom. The van der Waals surface area contributed by atoms with Crippen molar-refractivity contribution in [2.24, 2.45) is 17.3 Å². The van der Waals surface area contributed by atoms with Crippen molar-refractivity contribution in [3.63, 3.8) is 0 Å². The van der Waals surface area contributed by atoms with E-state index in [2.05, 4.69) is 25.1 Å². The molecule has 1 aromatic carbocycles. The number of benzene rings is 1. The second-order valence-electron chi connectivity index (χ2n) is 8.58. The molecule has 0 aromatic heterocycles. The fourth-order valence-corrected chi connectivity index (χ4v) is 6.36. The topological polar surface area (TPSA) is 52.6 Å². The normalized spacial score (nSPS) is 37.9. The van der Waals surface area contributed by atoms with Crippen LogP contribution in [0, 0.1) is 17.3 Å². The largest absolute Gasteiger partial charge is 0.497 e. The summed E-state index contributed by atoms with van der Waals surface area (Å²) in [7, 11) is 1.71. The molecule has 0 spiro atoms. The summed E-state index contributed by atoms with van der Waals surface area (Å²) in [5.41, 5.74) is 1.69. The van der Waals surface area contributed by atoms with Crippen molar-refractivity contribution in [3.05, 3.63) is 29.3 Å². The van der Waals surface area contributed by atoms with Crippen LogP contribution in [0.3, 0.4) is 0 Å². The lowest BCUT2D eigenvalue weighted by molar-refractivity contribution is -0.178. The first kappa shape index (κ1) is 17.6. The third-order valence-electron chi connectivity index (χ3n) is 7.63. The quantitative estimate of drug-likeness (QED) is 0.605. The molecule has 140 valence electrons. The molecule has 0 N–H and O–H groups in total. The predicted octanol–water partition coefficient (Wildman–Crippen LogP) is 4.05. The second kappa shape index (κ2) is 6.11. The number of carbonyl (C=O) groups excluding carboxylic acids is 2. The van der Waals surface area contributed by atoms with Crippen molar-refractivity contribution in [2.45, 2.75) is 63.9 Å². The molecule has 1 aromatic rings. The first-order valence-corrected chi connectivity index (χ1v) is 9.77. The Morgan fingerprint density at radius 3 is 2.73 bits per heavy atom. The van der Waals surface area contributed by atoms with E-state index in [0.717, 1.165) is 44.1 Å². The Morgan fingerprint density at radius 1 is 1.23 bits per heavy atom. The highest BCUT2D eigenvalue weighted by Crippen LogP contribution is 2.64. The van der Waals surface area contributed by atoms with Crippen LogP contribution in [0.2, 0.25) is 0 Å². The van der Waals surface area contributed by atoms with E-state index in [9.17, 15) is 9.59 Å². The summed E-state index contributed by atoms with van der Waals surface area (Å²) in [6.07, 6.45) is 6.73. The van der Waals surface area contributed by atoms with Crippen molar-refractivity contribution < 1.29 is 19.1 Å². The molecule has 4 nitrogen and oxygen atoms in total. The summed E-state index contributed by atoms with van der Waals surface area (Å²) < 4.78 is 11.1. The smallest absolute Gasteiger partial charge is 0.303 e. The summed E-state index contributed by atoms with van der Waals surface area (Å²) in [4.78, 5) is 23.8. The van der Waals surface area contributed by atoms with E-state index in [0.29, 0.717) is 24.2 Å².